The lowest BCUT2D eigenvalue weighted by Gasteiger charge is -2.30. The van der Waals surface area contributed by atoms with Crippen LogP contribution in [0.4, 0.5) is 4.39 Å². The van der Waals surface area contributed by atoms with Gasteiger partial charge < -0.3 is 9.84 Å². The zero-order chi connectivity index (χ0) is 15.2. The second-order valence-corrected chi connectivity index (χ2v) is 6.02. The maximum atomic E-state index is 13.7. The number of piperidine rings is 1. The van der Waals surface area contributed by atoms with Crippen molar-refractivity contribution in [3.05, 3.63) is 30.0 Å². The van der Waals surface area contributed by atoms with E-state index < -0.39 is 0 Å². The monoisotopic (exact) mass is 301 g/mol. The molecule has 1 fully saturated rings. The molecule has 1 aliphatic rings. The first kappa shape index (κ1) is 13.4. The highest BCUT2D eigenvalue weighted by atomic mass is 19.1. The fourth-order valence-corrected chi connectivity index (χ4v) is 3.01. The van der Waals surface area contributed by atoms with E-state index in [4.69, 9.17) is 4.52 Å². The third-order valence-corrected chi connectivity index (χ3v) is 4.34. The van der Waals surface area contributed by atoms with E-state index in [1.54, 1.807) is 6.07 Å². The van der Waals surface area contributed by atoms with Crippen LogP contribution in [0.1, 0.15) is 25.7 Å². The van der Waals surface area contributed by atoms with Crippen LogP contribution in [0.25, 0.3) is 22.3 Å². The Balaban J connectivity index is 1.77. The number of aromatic nitrogens is 4. The third kappa shape index (κ3) is 2.00. The van der Waals surface area contributed by atoms with E-state index in [-0.39, 0.29) is 11.2 Å². The van der Waals surface area contributed by atoms with Gasteiger partial charge in [0.2, 0.25) is 11.7 Å². The number of hydrogen-bond donors (Lipinski definition) is 2. The minimum Gasteiger partial charge on any atom is -0.338 e. The first-order valence-corrected chi connectivity index (χ1v) is 7.34. The largest absolute Gasteiger partial charge is 0.338 e. The fraction of sp³-hybridized carbons (Fsp3) is 0.400. The molecule has 0 radical (unpaired) electrons. The lowest BCUT2D eigenvalue weighted by molar-refractivity contribution is 0.245. The molecule has 3 aromatic rings. The fourth-order valence-electron chi connectivity index (χ4n) is 3.01. The topological polar surface area (TPSA) is 79.6 Å². The minimum absolute atomic E-state index is 0.156. The Morgan fingerprint density at radius 2 is 2.27 bits per heavy atom. The summed E-state index contributed by atoms with van der Waals surface area (Å²) in [5.74, 6) is 0.752. The molecule has 0 saturated carbocycles. The molecule has 1 atom stereocenters. The van der Waals surface area contributed by atoms with Crippen LogP contribution in [0, 0.1) is 5.82 Å². The van der Waals surface area contributed by atoms with Gasteiger partial charge in [-0.3, -0.25) is 5.10 Å². The molecule has 1 aromatic carbocycles. The summed E-state index contributed by atoms with van der Waals surface area (Å²) in [6.45, 7) is 3.95. The van der Waals surface area contributed by atoms with Gasteiger partial charge in [-0.25, -0.2) is 4.39 Å². The molecule has 0 unspecified atom stereocenters. The Bertz CT molecular complexity index is 818. The maximum absolute atomic E-state index is 13.7. The molecule has 1 aliphatic heterocycles. The van der Waals surface area contributed by atoms with Crippen molar-refractivity contribution in [1.82, 2.24) is 25.7 Å². The van der Waals surface area contributed by atoms with Gasteiger partial charge in [0.25, 0.3) is 0 Å². The van der Waals surface area contributed by atoms with Gasteiger partial charge in [0.1, 0.15) is 5.82 Å². The van der Waals surface area contributed by atoms with E-state index in [0.29, 0.717) is 28.2 Å². The number of hydrogen-bond acceptors (Lipinski definition) is 5. The van der Waals surface area contributed by atoms with Crippen LogP contribution in [0.3, 0.4) is 0 Å². The zero-order valence-electron chi connectivity index (χ0n) is 12.2. The molecule has 0 amide bonds. The van der Waals surface area contributed by atoms with Crippen LogP contribution in [0.15, 0.2) is 22.9 Å². The zero-order valence-corrected chi connectivity index (χ0v) is 12.2. The number of nitrogens with one attached hydrogen (secondary N) is 2. The van der Waals surface area contributed by atoms with Crippen molar-refractivity contribution in [2.75, 3.05) is 13.1 Å². The molecule has 4 rings (SSSR count). The standard InChI is InChI=1S/C15H16FN5O/c1-15(5-2-6-17-8-15)14-19-13(21-22-14)9-3-4-11(16)10-7-18-20-12(9)10/h3-4,7,17H,2,5-6,8H2,1H3,(H,18,20)/t15-/m1/s1. The van der Waals surface area contributed by atoms with Crippen molar-refractivity contribution in [2.24, 2.45) is 0 Å². The summed E-state index contributed by atoms with van der Waals surface area (Å²) in [5, 5.41) is 14.6. The molecular weight excluding hydrogens is 285 g/mol. The number of rotatable bonds is 2. The lowest BCUT2D eigenvalue weighted by atomic mass is 9.83. The highest BCUT2D eigenvalue weighted by Gasteiger charge is 2.34. The lowest BCUT2D eigenvalue weighted by Crippen LogP contribution is -2.41. The summed E-state index contributed by atoms with van der Waals surface area (Å²) < 4.78 is 19.2. The second-order valence-electron chi connectivity index (χ2n) is 6.02. The normalized spacial score (nSPS) is 22.3. The molecule has 0 bridgehead atoms. The number of fused-ring (bicyclic) bond motifs is 1. The Hall–Kier alpha value is -2.28. The molecule has 0 spiro atoms. The first-order valence-electron chi connectivity index (χ1n) is 7.34. The van der Waals surface area contributed by atoms with Crippen LogP contribution in [-0.2, 0) is 5.41 Å². The summed E-state index contributed by atoms with van der Waals surface area (Å²) in [4.78, 5) is 4.55. The van der Waals surface area contributed by atoms with Gasteiger partial charge in [0, 0.05) is 12.1 Å². The average molecular weight is 301 g/mol. The van der Waals surface area contributed by atoms with Gasteiger partial charge >= 0.3 is 0 Å². The molecule has 22 heavy (non-hydrogen) atoms. The van der Waals surface area contributed by atoms with E-state index in [1.807, 2.05) is 0 Å². The van der Waals surface area contributed by atoms with Gasteiger partial charge in [-0.05, 0) is 38.4 Å². The van der Waals surface area contributed by atoms with Crippen molar-refractivity contribution in [2.45, 2.75) is 25.2 Å². The SMILES string of the molecule is C[C@@]1(c2nc(-c3ccc(F)c4cn[nH]c34)no2)CCCNC1. The van der Waals surface area contributed by atoms with E-state index >= 15 is 0 Å². The Kier molecular flexibility index (Phi) is 2.97. The maximum Gasteiger partial charge on any atom is 0.234 e. The van der Waals surface area contributed by atoms with Crippen LogP contribution in [0.5, 0.6) is 0 Å². The van der Waals surface area contributed by atoms with Gasteiger partial charge in [-0.1, -0.05) is 5.16 Å². The summed E-state index contributed by atoms with van der Waals surface area (Å²) in [7, 11) is 0. The second kappa shape index (κ2) is 4.88. The molecular formula is C15H16FN5O. The van der Waals surface area contributed by atoms with Crippen LogP contribution >= 0.6 is 0 Å². The number of aromatic amines is 1. The van der Waals surface area contributed by atoms with Crippen molar-refractivity contribution >= 4 is 10.9 Å². The molecule has 3 heterocycles. The molecule has 2 N–H and O–H groups in total. The Morgan fingerprint density at radius 3 is 3.09 bits per heavy atom. The number of nitrogens with zero attached hydrogens (tertiary/aromatic N) is 3. The highest BCUT2D eigenvalue weighted by Crippen LogP contribution is 2.32. The number of H-pyrrole nitrogens is 1. The van der Waals surface area contributed by atoms with Gasteiger partial charge in [0.15, 0.2) is 0 Å². The Morgan fingerprint density at radius 1 is 1.36 bits per heavy atom. The smallest absolute Gasteiger partial charge is 0.234 e. The van der Waals surface area contributed by atoms with Crippen molar-refractivity contribution in [3.63, 3.8) is 0 Å². The van der Waals surface area contributed by atoms with Gasteiger partial charge in [-0.15, -0.1) is 0 Å². The molecule has 2 aromatic heterocycles. The van der Waals surface area contributed by atoms with Crippen molar-refractivity contribution in [3.8, 4) is 11.4 Å². The summed E-state index contributed by atoms with van der Waals surface area (Å²) in [6.07, 6.45) is 3.54. The molecule has 6 nitrogen and oxygen atoms in total. The van der Waals surface area contributed by atoms with Gasteiger partial charge in [-0.2, -0.15) is 10.1 Å². The summed E-state index contributed by atoms with van der Waals surface area (Å²) >= 11 is 0. The number of benzene rings is 1. The Labute approximate surface area is 126 Å². The van der Waals surface area contributed by atoms with E-state index in [0.717, 1.165) is 25.9 Å². The first-order chi connectivity index (χ1) is 10.7. The summed E-state index contributed by atoms with van der Waals surface area (Å²) in [5.41, 5.74) is 1.12. The van der Waals surface area contributed by atoms with E-state index in [2.05, 4.69) is 32.6 Å². The molecule has 1 saturated heterocycles. The van der Waals surface area contributed by atoms with E-state index in [1.165, 1.54) is 12.3 Å². The van der Waals surface area contributed by atoms with Crippen LogP contribution in [0.2, 0.25) is 0 Å². The predicted octanol–water partition coefficient (Wildman–Crippen LogP) is 2.39. The van der Waals surface area contributed by atoms with Crippen molar-refractivity contribution in [1.29, 1.82) is 0 Å². The molecule has 0 aliphatic carbocycles. The molecule has 7 heteroatoms. The minimum atomic E-state index is -0.320. The average Bonchev–Trinajstić information content (AvgIpc) is 3.18. The number of halogens is 1. The molecule has 114 valence electrons. The third-order valence-electron chi connectivity index (χ3n) is 4.34. The quantitative estimate of drug-likeness (QED) is 0.759. The highest BCUT2D eigenvalue weighted by molar-refractivity contribution is 5.91. The van der Waals surface area contributed by atoms with Crippen molar-refractivity contribution < 1.29 is 8.91 Å². The summed E-state index contributed by atoms with van der Waals surface area (Å²) in [6, 6.07) is 3.04. The van der Waals surface area contributed by atoms with Crippen LogP contribution < -0.4 is 5.32 Å². The predicted molar refractivity (Wildman–Crippen MR) is 78.8 cm³/mol. The van der Waals surface area contributed by atoms with E-state index in [9.17, 15) is 4.39 Å². The van der Waals surface area contributed by atoms with Crippen LogP contribution in [-0.4, -0.2) is 33.4 Å². The van der Waals surface area contributed by atoms with Gasteiger partial charge in [0.05, 0.1) is 22.5 Å².